The number of amides is 2. The van der Waals surface area contributed by atoms with Gasteiger partial charge in [0.2, 0.25) is 0 Å². The van der Waals surface area contributed by atoms with Gasteiger partial charge in [-0.05, 0) is 24.3 Å². The fourth-order valence-corrected chi connectivity index (χ4v) is 2.46. The zero-order chi connectivity index (χ0) is 18.5. The fraction of sp³-hybridized carbons (Fsp3) is 0.167. The number of hydrogen-bond acceptors (Lipinski definition) is 3. The van der Waals surface area contributed by atoms with Crippen LogP contribution in [0.2, 0.25) is 0 Å². The summed E-state index contributed by atoms with van der Waals surface area (Å²) in [5, 5.41) is 9.54. The van der Waals surface area contributed by atoms with E-state index in [0.29, 0.717) is 11.5 Å². The summed E-state index contributed by atoms with van der Waals surface area (Å²) >= 11 is 0. The van der Waals surface area contributed by atoms with Crippen molar-refractivity contribution in [1.29, 1.82) is 0 Å². The molecule has 0 radical (unpaired) electrons. The number of benzene rings is 2. The first-order chi connectivity index (χ1) is 12.5. The lowest BCUT2D eigenvalue weighted by Gasteiger charge is -2.07. The quantitative estimate of drug-likeness (QED) is 0.736. The van der Waals surface area contributed by atoms with Crippen LogP contribution in [-0.2, 0) is 13.6 Å². The second-order valence-electron chi connectivity index (χ2n) is 5.64. The minimum atomic E-state index is -0.441. The number of rotatable bonds is 5. The second-order valence-corrected chi connectivity index (χ2v) is 5.64. The summed E-state index contributed by atoms with van der Waals surface area (Å²) in [5.41, 5.74) is 1.06. The molecule has 2 N–H and O–H groups in total. The summed E-state index contributed by atoms with van der Waals surface area (Å²) in [6.45, 7) is 0.453. The van der Waals surface area contributed by atoms with E-state index >= 15 is 0 Å². The van der Waals surface area contributed by atoms with Gasteiger partial charge in [-0.1, -0.05) is 30.3 Å². The van der Waals surface area contributed by atoms with E-state index in [2.05, 4.69) is 15.7 Å². The second kappa shape index (κ2) is 7.64. The molecule has 3 aromatic rings. The van der Waals surface area contributed by atoms with Crippen molar-refractivity contribution >= 4 is 11.7 Å². The van der Waals surface area contributed by atoms with Crippen LogP contribution in [0.1, 0.15) is 0 Å². The molecule has 0 saturated carbocycles. The van der Waals surface area contributed by atoms with Crippen LogP contribution in [0.5, 0.6) is 0 Å². The molecule has 2 amide bonds. The molecule has 0 aliphatic heterocycles. The Hall–Kier alpha value is -3.42. The summed E-state index contributed by atoms with van der Waals surface area (Å²) < 4.78 is 15.6. The Morgan fingerprint density at radius 1 is 1.12 bits per heavy atom. The number of carbonyl (C=O) groups excluding carboxylic acids is 1. The maximum atomic E-state index is 12.8. The SMILES string of the molecule is Cn1c(-c2ccccc2)nn(CCNC(=O)Nc2ccc(F)cc2)c1=O. The van der Waals surface area contributed by atoms with Gasteiger partial charge in [0.15, 0.2) is 5.82 Å². The third-order valence-corrected chi connectivity index (χ3v) is 3.78. The highest BCUT2D eigenvalue weighted by Crippen LogP contribution is 2.13. The highest BCUT2D eigenvalue weighted by atomic mass is 19.1. The average molecular weight is 355 g/mol. The smallest absolute Gasteiger partial charge is 0.336 e. The van der Waals surface area contributed by atoms with Crippen molar-refractivity contribution in [3.05, 3.63) is 70.9 Å². The lowest BCUT2D eigenvalue weighted by molar-refractivity contribution is 0.251. The van der Waals surface area contributed by atoms with Gasteiger partial charge in [-0.3, -0.25) is 4.57 Å². The Bertz CT molecular complexity index is 948. The zero-order valence-electron chi connectivity index (χ0n) is 14.1. The summed E-state index contributed by atoms with van der Waals surface area (Å²) in [5.74, 6) is 0.186. The van der Waals surface area contributed by atoms with Crippen LogP contribution in [0.15, 0.2) is 59.4 Å². The molecule has 2 aromatic carbocycles. The highest BCUT2D eigenvalue weighted by Gasteiger charge is 2.11. The predicted molar refractivity (Wildman–Crippen MR) is 96.3 cm³/mol. The van der Waals surface area contributed by atoms with E-state index in [9.17, 15) is 14.0 Å². The Morgan fingerprint density at radius 3 is 2.50 bits per heavy atom. The van der Waals surface area contributed by atoms with E-state index in [1.165, 1.54) is 33.5 Å². The summed E-state index contributed by atoms with van der Waals surface area (Å²) in [4.78, 5) is 24.1. The van der Waals surface area contributed by atoms with E-state index in [0.717, 1.165) is 5.56 Å². The van der Waals surface area contributed by atoms with Gasteiger partial charge in [0.25, 0.3) is 0 Å². The van der Waals surface area contributed by atoms with Crippen molar-refractivity contribution in [3.8, 4) is 11.4 Å². The lowest BCUT2D eigenvalue weighted by atomic mass is 10.2. The van der Waals surface area contributed by atoms with Crippen LogP contribution in [0.3, 0.4) is 0 Å². The Labute approximate surface area is 149 Å². The predicted octanol–water partition coefficient (Wildman–Crippen LogP) is 2.21. The minimum absolute atomic E-state index is 0.220. The lowest BCUT2D eigenvalue weighted by Crippen LogP contribution is -2.34. The van der Waals surface area contributed by atoms with Crippen molar-refractivity contribution in [2.75, 3.05) is 11.9 Å². The van der Waals surface area contributed by atoms with Crippen molar-refractivity contribution in [3.63, 3.8) is 0 Å². The molecule has 8 heteroatoms. The van der Waals surface area contributed by atoms with Gasteiger partial charge >= 0.3 is 11.7 Å². The molecule has 0 aliphatic carbocycles. The van der Waals surface area contributed by atoms with Crippen molar-refractivity contribution < 1.29 is 9.18 Å². The Kier molecular flexibility index (Phi) is 5.12. The molecule has 0 unspecified atom stereocenters. The van der Waals surface area contributed by atoms with Crippen molar-refractivity contribution in [1.82, 2.24) is 19.7 Å². The third kappa shape index (κ3) is 3.97. The molecule has 0 spiro atoms. The topological polar surface area (TPSA) is 81.0 Å². The van der Waals surface area contributed by atoms with E-state index in [1.54, 1.807) is 7.05 Å². The summed E-state index contributed by atoms with van der Waals surface area (Å²) in [6, 6.07) is 14.4. The number of hydrogen-bond donors (Lipinski definition) is 2. The largest absolute Gasteiger partial charge is 0.345 e. The molecule has 7 nitrogen and oxygen atoms in total. The molecule has 3 rings (SSSR count). The number of urea groups is 1. The van der Waals surface area contributed by atoms with E-state index in [1.807, 2.05) is 30.3 Å². The van der Waals surface area contributed by atoms with Gasteiger partial charge in [-0.15, -0.1) is 5.10 Å². The molecule has 0 atom stereocenters. The maximum Gasteiger partial charge on any atom is 0.345 e. The Morgan fingerprint density at radius 2 is 1.81 bits per heavy atom. The highest BCUT2D eigenvalue weighted by molar-refractivity contribution is 5.89. The number of nitrogens with zero attached hydrogens (tertiary/aromatic N) is 3. The van der Waals surface area contributed by atoms with Crippen LogP contribution in [0.4, 0.5) is 14.9 Å². The molecular formula is C18H18FN5O2. The van der Waals surface area contributed by atoms with Crippen LogP contribution < -0.4 is 16.3 Å². The van der Waals surface area contributed by atoms with Gasteiger partial charge in [0.05, 0.1) is 6.54 Å². The molecule has 134 valence electrons. The molecular weight excluding hydrogens is 337 g/mol. The molecule has 0 aliphatic rings. The molecule has 1 heterocycles. The van der Waals surface area contributed by atoms with E-state index in [-0.39, 0.29) is 24.6 Å². The zero-order valence-corrected chi connectivity index (χ0v) is 14.1. The van der Waals surface area contributed by atoms with Crippen molar-refractivity contribution in [2.45, 2.75) is 6.54 Å². The molecule has 0 saturated heterocycles. The third-order valence-electron chi connectivity index (χ3n) is 3.78. The monoisotopic (exact) mass is 355 g/mol. The molecule has 1 aromatic heterocycles. The first-order valence-electron chi connectivity index (χ1n) is 8.04. The number of halogens is 1. The summed E-state index contributed by atoms with van der Waals surface area (Å²) in [6.07, 6.45) is 0. The van der Waals surface area contributed by atoms with Gasteiger partial charge in [0.1, 0.15) is 5.82 Å². The van der Waals surface area contributed by atoms with Crippen LogP contribution in [-0.4, -0.2) is 26.9 Å². The number of aromatic nitrogens is 3. The van der Waals surface area contributed by atoms with Gasteiger partial charge in [0, 0.05) is 24.8 Å². The molecule has 0 fully saturated rings. The molecule has 26 heavy (non-hydrogen) atoms. The maximum absolute atomic E-state index is 12.8. The fourth-order valence-electron chi connectivity index (χ4n) is 2.46. The van der Waals surface area contributed by atoms with E-state index < -0.39 is 6.03 Å². The minimum Gasteiger partial charge on any atom is -0.336 e. The normalized spacial score (nSPS) is 10.5. The summed E-state index contributed by atoms with van der Waals surface area (Å²) in [7, 11) is 1.66. The standard InChI is InChI=1S/C18H18FN5O2/c1-23-16(13-5-3-2-4-6-13)22-24(18(23)26)12-11-20-17(25)21-15-9-7-14(19)8-10-15/h2-10H,11-12H2,1H3,(H2,20,21,25). The number of anilines is 1. The van der Waals surface area contributed by atoms with Gasteiger partial charge in [-0.25, -0.2) is 18.7 Å². The molecule has 0 bridgehead atoms. The first kappa shape index (κ1) is 17.4. The van der Waals surface area contributed by atoms with Crippen LogP contribution >= 0.6 is 0 Å². The average Bonchev–Trinajstić information content (AvgIpc) is 2.93. The van der Waals surface area contributed by atoms with Crippen LogP contribution in [0.25, 0.3) is 11.4 Å². The van der Waals surface area contributed by atoms with E-state index in [4.69, 9.17) is 0 Å². The first-order valence-corrected chi connectivity index (χ1v) is 8.04. The van der Waals surface area contributed by atoms with Crippen LogP contribution in [0, 0.1) is 5.82 Å². The number of nitrogens with one attached hydrogen (secondary N) is 2. The van der Waals surface area contributed by atoms with Gasteiger partial charge in [-0.2, -0.15) is 0 Å². The van der Waals surface area contributed by atoms with Crippen molar-refractivity contribution in [2.24, 2.45) is 7.05 Å². The Balaban J connectivity index is 1.59. The number of carbonyl (C=O) groups is 1. The van der Waals surface area contributed by atoms with Gasteiger partial charge < -0.3 is 10.6 Å².